The molecule has 0 aliphatic rings. The van der Waals surface area contributed by atoms with E-state index in [-0.39, 0.29) is 0 Å². The SMILES string of the molecule is CCC/C(=C\N(C)N=C(C)C)C(=O)O. The molecule has 0 spiro atoms. The minimum absolute atomic E-state index is 0.389. The van der Waals surface area contributed by atoms with Gasteiger partial charge >= 0.3 is 5.97 Å². The molecule has 0 aromatic rings. The van der Waals surface area contributed by atoms with Gasteiger partial charge in [0.1, 0.15) is 0 Å². The molecule has 0 aromatic heterocycles. The maximum Gasteiger partial charge on any atom is 0.333 e. The molecule has 0 radical (unpaired) electrons. The monoisotopic (exact) mass is 198 g/mol. The summed E-state index contributed by atoms with van der Waals surface area (Å²) in [5, 5.41) is 14.5. The van der Waals surface area contributed by atoms with Crippen LogP contribution in [0.3, 0.4) is 0 Å². The number of carbonyl (C=O) groups is 1. The van der Waals surface area contributed by atoms with Crippen LogP contribution in [0.2, 0.25) is 0 Å². The molecule has 0 fully saturated rings. The van der Waals surface area contributed by atoms with E-state index in [0.29, 0.717) is 12.0 Å². The van der Waals surface area contributed by atoms with Crippen molar-refractivity contribution in [3.63, 3.8) is 0 Å². The number of hydrazone groups is 1. The van der Waals surface area contributed by atoms with E-state index in [0.717, 1.165) is 12.1 Å². The average molecular weight is 198 g/mol. The van der Waals surface area contributed by atoms with Crippen molar-refractivity contribution in [3.8, 4) is 0 Å². The minimum Gasteiger partial charge on any atom is -0.478 e. The molecule has 0 aliphatic heterocycles. The van der Waals surface area contributed by atoms with Gasteiger partial charge in [0, 0.05) is 19.0 Å². The summed E-state index contributed by atoms with van der Waals surface area (Å²) in [5.41, 5.74) is 1.28. The van der Waals surface area contributed by atoms with Gasteiger partial charge in [0.2, 0.25) is 0 Å². The van der Waals surface area contributed by atoms with Crippen LogP contribution in [0.1, 0.15) is 33.6 Å². The average Bonchev–Trinajstić information content (AvgIpc) is 2.01. The van der Waals surface area contributed by atoms with E-state index < -0.39 is 5.97 Å². The Hall–Kier alpha value is -1.32. The van der Waals surface area contributed by atoms with Crippen molar-refractivity contribution >= 4 is 11.7 Å². The molecule has 80 valence electrons. The molecule has 4 heteroatoms. The van der Waals surface area contributed by atoms with Crippen molar-refractivity contribution < 1.29 is 9.90 Å². The molecule has 4 nitrogen and oxygen atoms in total. The number of carboxylic acid groups (broad SMARTS) is 1. The van der Waals surface area contributed by atoms with E-state index in [1.165, 1.54) is 5.01 Å². The molecule has 0 saturated heterocycles. The molecular weight excluding hydrogens is 180 g/mol. The van der Waals surface area contributed by atoms with Crippen molar-refractivity contribution in [2.45, 2.75) is 33.6 Å². The number of rotatable bonds is 5. The lowest BCUT2D eigenvalue weighted by atomic mass is 10.2. The van der Waals surface area contributed by atoms with Crippen LogP contribution in [0.5, 0.6) is 0 Å². The number of aliphatic carboxylic acids is 1. The largest absolute Gasteiger partial charge is 0.478 e. The predicted molar refractivity (Wildman–Crippen MR) is 57.2 cm³/mol. The van der Waals surface area contributed by atoms with Crippen molar-refractivity contribution in [1.82, 2.24) is 5.01 Å². The molecule has 0 saturated carbocycles. The van der Waals surface area contributed by atoms with Crippen molar-refractivity contribution in [3.05, 3.63) is 11.8 Å². The third-order valence-corrected chi connectivity index (χ3v) is 1.49. The standard InChI is InChI=1S/C10H18N2O2/c1-5-6-9(10(13)14)7-12(4)11-8(2)3/h7H,5-6H2,1-4H3,(H,13,14)/b9-7+. The highest BCUT2D eigenvalue weighted by Crippen LogP contribution is 2.06. The third kappa shape index (κ3) is 5.35. The van der Waals surface area contributed by atoms with E-state index in [2.05, 4.69) is 5.10 Å². The highest BCUT2D eigenvalue weighted by atomic mass is 16.4. The second-order valence-electron chi connectivity index (χ2n) is 3.33. The van der Waals surface area contributed by atoms with Crippen LogP contribution in [-0.4, -0.2) is 28.8 Å². The van der Waals surface area contributed by atoms with Crippen LogP contribution in [0.25, 0.3) is 0 Å². The van der Waals surface area contributed by atoms with E-state index in [9.17, 15) is 4.79 Å². The molecule has 0 rings (SSSR count). The van der Waals surface area contributed by atoms with Crippen molar-refractivity contribution in [2.24, 2.45) is 5.10 Å². The lowest BCUT2D eigenvalue weighted by molar-refractivity contribution is -0.132. The van der Waals surface area contributed by atoms with Crippen LogP contribution in [-0.2, 0) is 4.79 Å². The Labute approximate surface area is 84.9 Å². The third-order valence-electron chi connectivity index (χ3n) is 1.49. The van der Waals surface area contributed by atoms with Crippen LogP contribution in [0, 0.1) is 0 Å². The highest BCUT2D eigenvalue weighted by molar-refractivity contribution is 5.86. The quantitative estimate of drug-likeness (QED) is 0.418. The van der Waals surface area contributed by atoms with E-state index in [1.54, 1.807) is 13.2 Å². The van der Waals surface area contributed by atoms with Gasteiger partial charge in [0.05, 0.1) is 5.57 Å². The second kappa shape index (κ2) is 6.18. The van der Waals surface area contributed by atoms with Crippen LogP contribution in [0.4, 0.5) is 0 Å². The zero-order valence-electron chi connectivity index (χ0n) is 9.24. The van der Waals surface area contributed by atoms with Gasteiger partial charge in [0.25, 0.3) is 0 Å². The van der Waals surface area contributed by atoms with Gasteiger partial charge in [-0.1, -0.05) is 13.3 Å². The zero-order valence-corrected chi connectivity index (χ0v) is 9.24. The minimum atomic E-state index is -0.873. The molecule has 1 N–H and O–H groups in total. The van der Waals surface area contributed by atoms with E-state index >= 15 is 0 Å². The fraction of sp³-hybridized carbons (Fsp3) is 0.600. The Bertz CT molecular complexity index is 253. The summed E-state index contributed by atoms with van der Waals surface area (Å²) in [6.07, 6.45) is 2.94. The first-order valence-corrected chi connectivity index (χ1v) is 4.66. The first kappa shape index (κ1) is 12.7. The number of nitrogens with zero attached hydrogens (tertiary/aromatic N) is 2. The molecule has 0 amide bonds. The first-order valence-electron chi connectivity index (χ1n) is 4.66. The van der Waals surface area contributed by atoms with E-state index in [1.807, 2.05) is 20.8 Å². The summed E-state index contributed by atoms with van der Waals surface area (Å²) in [7, 11) is 1.73. The van der Waals surface area contributed by atoms with Gasteiger partial charge in [0.15, 0.2) is 0 Å². The Kier molecular flexibility index (Phi) is 5.60. The Morgan fingerprint density at radius 1 is 1.50 bits per heavy atom. The number of hydrogen-bond acceptors (Lipinski definition) is 3. The number of hydrogen-bond donors (Lipinski definition) is 1. The number of carboxylic acids is 1. The molecule has 14 heavy (non-hydrogen) atoms. The lowest BCUT2D eigenvalue weighted by Gasteiger charge is -2.09. The molecular formula is C10H18N2O2. The topological polar surface area (TPSA) is 52.9 Å². The maximum absolute atomic E-state index is 10.8. The second-order valence-corrected chi connectivity index (χ2v) is 3.33. The smallest absolute Gasteiger partial charge is 0.333 e. The molecule has 0 atom stereocenters. The summed E-state index contributed by atoms with van der Waals surface area (Å²) in [4.78, 5) is 10.8. The normalized spacial score (nSPS) is 11.0. The van der Waals surface area contributed by atoms with Crippen LogP contribution in [0.15, 0.2) is 16.9 Å². The van der Waals surface area contributed by atoms with Gasteiger partial charge in [-0.2, -0.15) is 5.10 Å². The summed E-state index contributed by atoms with van der Waals surface area (Å²) < 4.78 is 0. The van der Waals surface area contributed by atoms with Crippen molar-refractivity contribution in [1.29, 1.82) is 0 Å². The van der Waals surface area contributed by atoms with Gasteiger partial charge < -0.3 is 5.11 Å². The molecule has 0 heterocycles. The van der Waals surface area contributed by atoms with Gasteiger partial charge in [-0.3, -0.25) is 5.01 Å². The van der Waals surface area contributed by atoms with Crippen LogP contribution >= 0.6 is 0 Å². The first-order chi connectivity index (χ1) is 6.47. The van der Waals surface area contributed by atoms with Crippen molar-refractivity contribution in [2.75, 3.05) is 7.05 Å². The summed E-state index contributed by atoms with van der Waals surface area (Å²) in [6, 6.07) is 0. The molecule has 0 bridgehead atoms. The van der Waals surface area contributed by atoms with Crippen LogP contribution < -0.4 is 0 Å². The van der Waals surface area contributed by atoms with Gasteiger partial charge in [-0.05, 0) is 20.3 Å². The Morgan fingerprint density at radius 3 is 2.43 bits per heavy atom. The van der Waals surface area contributed by atoms with Gasteiger partial charge in [-0.25, -0.2) is 4.79 Å². The summed E-state index contributed by atoms with van der Waals surface area (Å²) in [6.45, 7) is 5.68. The highest BCUT2D eigenvalue weighted by Gasteiger charge is 2.06. The maximum atomic E-state index is 10.8. The zero-order chi connectivity index (χ0) is 11.1. The van der Waals surface area contributed by atoms with Gasteiger partial charge in [-0.15, -0.1) is 0 Å². The lowest BCUT2D eigenvalue weighted by Crippen LogP contribution is -2.09. The summed E-state index contributed by atoms with van der Waals surface area (Å²) in [5.74, 6) is -0.873. The molecule has 0 aliphatic carbocycles. The van der Waals surface area contributed by atoms with E-state index in [4.69, 9.17) is 5.11 Å². The molecule has 0 aromatic carbocycles. The fourth-order valence-electron chi connectivity index (χ4n) is 1.07. The Balaban J connectivity index is 4.56. The predicted octanol–water partition coefficient (Wildman–Crippen LogP) is 2.08. The fourth-order valence-corrected chi connectivity index (χ4v) is 1.07. The Morgan fingerprint density at radius 2 is 2.07 bits per heavy atom. The molecule has 0 unspecified atom stereocenters. The summed E-state index contributed by atoms with van der Waals surface area (Å²) >= 11 is 0.